The SMILES string of the molecule is CN(C)N(c1ccccc1)c1ccccc1.[Na+]. The molecule has 0 aliphatic rings. The molecule has 0 saturated heterocycles. The Balaban J connectivity index is 0.00000144. The zero-order valence-corrected chi connectivity index (χ0v) is 12.7. The van der Waals surface area contributed by atoms with Gasteiger partial charge in [0.05, 0.1) is 11.4 Å². The van der Waals surface area contributed by atoms with E-state index < -0.39 is 0 Å². The van der Waals surface area contributed by atoms with Crippen molar-refractivity contribution in [2.75, 3.05) is 19.1 Å². The molecule has 0 unspecified atom stereocenters. The smallest absolute Gasteiger partial charge is 0.275 e. The molecule has 0 aromatic heterocycles. The second-order valence-electron chi connectivity index (χ2n) is 3.83. The van der Waals surface area contributed by atoms with Gasteiger partial charge in [0, 0.05) is 14.1 Å². The summed E-state index contributed by atoms with van der Waals surface area (Å²) in [4.78, 5) is 0. The van der Waals surface area contributed by atoms with Crippen LogP contribution in [0, 0.1) is 0 Å². The van der Waals surface area contributed by atoms with Gasteiger partial charge in [0.1, 0.15) is 0 Å². The molecule has 0 bridgehead atoms. The zero-order valence-electron chi connectivity index (χ0n) is 10.7. The van der Waals surface area contributed by atoms with Crippen LogP contribution in [-0.4, -0.2) is 19.1 Å². The molecule has 0 aliphatic heterocycles. The molecule has 0 heterocycles. The first kappa shape index (κ1) is 14.3. The van der Waals surface area contributed by atoms with Crippen molar-refractivity contribution in [1.29, 1.82) is 0 Å². The minimum absolute atomic E-state index is 0. The summed E-state index contributed by atoms with van der Waals surface area (Å²) >= 11 is 0. The maximum absolute atomic E-state index is 2.17. The molecule has 0 aliphatic carbocycles. The minimum atomic E-state index is 0. The predicted molar refractivity (Wildman–Crippen MR) is 68.7 cm³/mol. The molecule has 0 N–H and O–H groups in total. The molecule has 17 heavy (non-hydrogen) atoms. The number of nitrogens with zero attached hydrogens (tertiary/aromatic N) is 2. The zero-order chi connectivity index (χ0) is 11.4. The van der Waals surface area contributed by atoms with Gasteiger partial charge in [-0.3, -0.25) is 5.01 Å². The second-order valence-corrected chi connectivity index (χ2v) is 3.83. The normalized spacial score (nSPS) is 9.82. The molecular weight excluding hydrogens is 219 g/mol. The van der Waals surface area contributed by atoms with Gasteiger partial charge in [-0.25, -0.2) is 5.01 Å². The van der Waals surface area contributed by atoms with Crippen LogP contribution in [0.25, 0.3) is 0 Å². The van der Waals surface area contributed by atoms with E-state index in [2.05, 4.69) is 58.5 Å². The average molecular weight is 235 g/mol. The van der Waals surface area contributed by atoms with Crippen LogP contribution < -0.4 is 34.6 Å². The molecule has 2 nitrogen and oxygen atoms in total. The first-order valence-electron chi connectivity index (χ1n) is 5.36. The Morgan fingerprint density at radius 3 is 1.29 bits per heavy atom. The van der Waals surface area contributed by atoms with Gasteiger partial charge in [0.15, 0.2) is 0 Å². The largest absolute Gasteiger partial charge is 1.00 e. The Morgan fingerprint density at radius 1 is 0.647 bits per heavy atom. The summed E-state index contributed by atoms with van der Waals surface area (Å²) in [7, 11) is 4.08. The third-order valence-corrected chi connectivity index (χ3v) is 2.40. The minimum Gasteiger partial charge on any atom is -0.275 e. The molecule has 0 atom stereocenters. The Morgan fingerprint density at radius 2 is 1.00 bits per heavy atom. The number of anilines is 2. The van der Waals surface area contributed by atoms with Gasteiger partial charge >= 0.3 is 29.6 Å². The van der Waals surface area contributed by atoms with E-state index in [1.807, 2.05) is 26.2 Å². The van der Waals surface area contributed by atoms with Crippen LogP contribution in [0.15, 0.2) is 60.7 Å². The average Bonchev–Trinajstić information content (AvgIpc) is 2.31. The van der Waals surface area contributed by atoms with Gasteiger partial charge in [-0.2, -0.15) is 0 Å². The van der Waals surface area contributed by atoms with Crippen molar-refractivity contribution in [3.05, 3.63) is 60.7 Å². The summed E-state index contributed by atoms with van der Waals surface area (Å²) < 4.78 is 0. The van der Waals surface area contributed by atoms with Gasteiger partial charge in [0.25, 0.3) is 0 Å². The van der Waals surface area contributed by atoms with Crippen LogP contribution in [0.5, 0.6) is 0 Å². The summed E-state index contributed by atoms with van der Waals surface area (Å²) in [6, 6.07) is 20.7. The van der Waals surface area contributed by atoms with Crippen LogP contribution in [0.4, 0.5) is 11.4 Å². The topological polar surface area (TPSA) is 6.48 Å². The molecule has 0 amide bonds. The Kier molecular flexibility index (Phi) is 5.72. The summed E-state index contributed by atoms with van der Waals surface area (Å²) in [5.41, 5.74) is 2.33. The molecule has 2 aromatic rings. The van der Waals surface area contributed by atoms with Gasteiger partial charge in [-0.15, -0.1) is 0 Å². The Bertz CT molecular complexity index is 389. The van der Waals surface area contributed by atoms with Crippen LogP contribution in [-0.2, 0) is 0 Å². The van der Waals surface area contributed by atoms with E-state index in [-0.39, 0.29) is 29.6 Å². The van der Waals surface area contributed by atoms with E-state index >= 15 is 0 Å². The molecular formula is C14H16N2Na+. The van der Waals surface area contributed by atoms with E-state index in [9.17, 15) is 0 Å². The van der Waals surface area contributed by atoms with Crippen LogP contribution in [0.3, 0.4) is 0 Å². The number of para-hydroxylation sites is 2. The van der Waals surface area contributed by atoms with Crippen molar-refractivity contribution < 1.29 is 29.6 Å². The molecule has 0 radical (unpaired) electrons. The number of hydrogen-bond donors (Lipinski definition) is 0. The van der Waals surface area contributed by atoms with Crippen molar-refractivity contribution in [3.8, 4) is 0 Å². The van der Waals surface area contributed by atoms with Crippen LogP contribution in [0.1, 0.15) is 0 Å². The van der Waals surface area contributed by atoms with Crippen molar-refractivity contribution in [2.24, 2.45) is 0 Å². The fourth-order valence-corrected chi connectivity index (χ4v) is 1.75. The molecule has 0 fully saturated rings. The monoisotopic (exact) mass is 235 g/mol. The van der Waals surface area contributed by atoms with Gasteiger partial charge < -0.3 is 0 Å². The third kappa shape index (κ3) is 3.58. The van der Waals surface area contributed by atoms with Crippen molar-refractivity contribution in [1.82, 2.24) is 5.01 Å². The maximum Gasteiger partial charge on any atom is 1.00 e. The number of hydrazine groups is 1. The summed E-state index contributed by atoms with van der Waals surface area (Å²) in [6.45, 7) is 0. The van der Waals surface area contributed by atoms with E-state index in [1.165, 1.54) is 11.4 Å². The predicted octanol–water partition coefficient (Wildman–Crippen LogP) is 0.305. The fourth-order valence-electron chi connectivity index (χ4n) is 1.75. The Hall–Kier alpha value is -0.800. The van der Waals surface area contributed by atoms with E-state index in [1.54, 1.807) is 0 Å². The molecule has 0 saturated carbocycles. The van der Waals surface area contributed by atoms with E-state index in [0.717, 1.165) is 0 Å². The molecule has 3 heteroatoms. The van der Waals surface area contributed by atoms with E-state index in [4.69, 9.17) is 0 Å². The van der Waals surface area contributed by atoms with Crippen LogP contribution >= 0.6 is 0 Å². The molecule has 2 aromatic carbocycles. The Labute approximate surface area is 125 Å². The first-order chi connectivity index (χ1) is 7.79. The van der Waals surface area contributed by atoms with E-state index in [0.29, 0.717) is 0 Å². The van der Waals surface area contributed by atoms with Gasteiger partial charge in [-0.1, -0.05) is 36.4 Å². The van der Waals surface area contributed by atoms with Crippen molar-refractivity contribution >= 4 is 11.4 Å². The van der Waals surface area contributed by atoms with Gasteiger partial charge in [0.2, 0.25) is 0 Å². The maximum atomic E-state index is 2.17. The van der Waals surface area contributed by atoms with Crippen LogP contribution in [0.2, 0.25) is 0 Å². The van der Waals surface area contributed by atoms with Crippen molar-refractivity contribution in [2.45, 2.75) is 0 Å². The number of rotatable bonds is 3. The second kappa shape index (κ2) is 6.82. The molecule has 2 rings (SSSR count). The number of benzene rings is 2. The first-order valence-corrected chi connectivity index (χ1v) is 5.36. The summed E-state index contributed by atoms with van der Waals surface area (Å²) in [6.07, 6.45) is 0. The number of hydrogen-bond acceptors (Lipinski definition) is 2. The van der Waals surface area contributed by atoms with Gasteiger partial charge in [-0.05, 0) is 24.3 Å². The quantitative estimate of drug-likeness (QED) is 0.558. The third-order valence-electron chi connectivity index (χ3n) is 2.40. The summed E-state index contributed by atoms with van der Waals surface area (Å²) in [5.74, 6) is 0. The summed E-state index contributed by atoms with van der Waals surface area (Å²) in [5, 5.41) is 4.24. The fraction of sp³-hybridized carbons (Fsp3) is 0.143. The molecule has 0 spiro atoms. The molecule has 82 valence electrons. The standard InChI is InChI=1S/C14H16N2.Na/c1-15(2)16(13-9-5-3-6-10-13)14-11-7-4-8-12-14;/h3-12H,1-2H3;/q;+1. The van der Waals surface area contributed by atoms with Crippen molar-refractivity contribution in [3.63, 3.8) is 0 Å².